The van der Waals surface area contributed by atoms with Gasteiger partial charge in [0.25, 0.3) is 5.91 Å². The fourth-order valence-corrected chi connectivity index (χ4v) is 6.58. The van der Waals surface area contributed by atoms with Gasteiger partial charge in [0.1, 0.15) is 0 Å². The molecule has 0 radical (unpaired) electrons. The Balaban J connectivity index is 1.44. The van der Waals surface area contributed by atoms with Crippen LogP contribution in [0.25, 0.3) is 0 Å². The number of halogens is 3. The summed E-state index contributed by atoms with van der Waals surface area (Å²) in [4.78, 5) is 14.1. The van der Waals surface area contributed by atoms with Gasteiger partial charge in [0.15, 0.2) is 0 Å². The van der Waals surface area contributed by atoms with Crippen molar-refractivity contribution in [3.8, 4) is 0 Å². The number of hydrogen-bond acceptors (Lipinski definition) is 6. The molecule has 182 valence electrons. The van der Waals surface area contributed by atoms with Crippen molar-refractivity contribution in [2.24, 2.45) is 11.3 Å². The van der Waals surface area contributed by atoms with Gasteiger partial charge in [0.2, 0.25) is 5.76 Å². The van der Waals surface area contributed by atoms with Gasteiger partial charge in [-0.3, -0.25) is 4.79 Å². The summed E-state index contributed by atoms with van der Waals surface area (Å²) < 4.78 is 71.1. The number of piperidine rings is 1. The molecule has 12 heteroatoms. The Morgan fingerprint density at radius 1 is 1.24 bits per heavy atom. The summed E-state index contributed by atoms with van der Waals surface area (Å²) >= 11 is 0. The molecular weight excluding hydrogens is 475 g/mol. The van der Waals surface area contributed by atoms with E-state index in [1.807, 2.05) is 6.08 Å². The van der Waals surface area contributed by atoms with Gasteiger partial charge < -0.3 is 14.5 Å². The fraction of sp³-hybridized carbons (Fsp3) is 0.455. The number of fused-ring (bicyclic) bond motifs is 1. The smallest absolute Gasteiger partial charge is 0.392 e. The molecule has 1 amide bonds. The number of aliphatic hydroxyl groups is 1. The highest BCUT2D eigenvalue weighted by Crippen LogP contribution is 2.71. The van der Waals surface area contributed by atoms with Crippen molar-refractivity contribution in [3.63, 3.8) is 0 Å². The topological polar surface area (TPSA) is 104 Å². The van der Waals surface area contributed by atoms with Crippen molar-refractivity contribution in [2.45, 2.75) is 31.0 Å². The lowest BCUT2D eigenvalue weighted by Gasteiger charge is -2.30. The van der Waals surface area contributed by atoms with E-state index in [0.717, 1.165) is 5.57 Å². The Bertz CT molecular complexity index is 1230. The number of sulfonamides is 1. The second kappa shape index (κ2) is 7.92. The van der Waals surface area contributed by atoms with Crippen LogP contribution in [0.2, 0.25) is 0 Å². The number of hydrogen-bond donors (Lipinski definition) is 1. The third-order valence-electron chi connectivity index (χ3n) is 7.15. The van der Waals surface area contributed by atoms with E-state index in [9.17, 15) is 31.5 Å². The van der Waals surface area contributed by atoms with E-state index in [1.165, 1.54) is 12.3 Å². The molecule has 3 atom stereocenters. The maximum Gasteiger partial charge on any atom is 0.511 e. The van der Waals surface area contributed by atoms with Gasteiger partial charge in [0.05, 0.1) is 18.8 Å². The molecule has 0 unspecified atom stereocenters. The van der Waals surface area contributed by atoms with Crippen LogP contribution in [-0.2, 0) is 16.6 Å². The molecule has 2 aliphatic heterocycles. The van der Waals surface area contributed by atoms with Crippen LogP contribution in [0.5, 0.6) is 0 Å². The van der Waals surface area contributed by atoms with E-state index in [4.69, 9.17) is 4.52 Å². The summed E-state index contributed by atoms with van der Waals surface area (Å²) in [6.07, 6.45) is 4.21. The van der Waals surface area contributed by atoms with Crippen LogP contribution in [0, 0.1) is 11.3 Å². The number of amides is 1. The quantitative estimate of drug-likeness (QED) is 0.638. The molecule has 1 saturated carbocycles. The van der Waals surface area contributed by atoms with Crippen LogP contribution in [0.3, 0.4) is 0 Å². The lowest BCUT2D eigenvalue weighted by molar-refractivity contribution is -0.0498. The summed E-state index contributed by atoms with van der Waals surface area (Å²) in [5.74, 6) is -0.520. The van der Waals surface area contributed by atoms with Crippen LogP contribution in [-0.4, -0.2) is 58.9 Å². The summed E-state index contributed by atoms with van der Waals surface area (Å²) in [6, 6.07) is 6.84. The monoisotopic (exact) mass is 497 g/mol. The standard InChI is InChI=1S/C22H22F3N3O5S/c23-22(24,25)34(31,32)28-13-21(11-17(21)19(28)15-3-1-14(12-29)2-4-15)16-6-9-27(10-7-16)20(30)18-5-8-26-33-18/h1-6,8,17,19,29H,7,9-13H2/t17-,19-,21+/m1/s1. The highest BCUT2D eigenvalue weighted by Gasteiger charge is 2.71. The molecular formula is C22H22F3N3O5S. The largest absolute Gasteiger partial charge is 0.511 e. The predicted molar refractivity (Wildman–Crippen MR) is 112 cm³/mol. The minimum atomic E-state index is -5.55. The Morgan fingerprint density at radius 3 is 2.53 bits per heavy atom. The van der Waals surface area contributed by atoms with E-state index < -0.39 is 27.0 Å². The van der Waals surface area contributed by atoms with Crippen molar-refractivity contribution in [3.05, 3.63) is 65.1 Å². The van der Waals surface area contributed by atoms with Crippen molar-refractivity contribution < 1.29 is 36.0 Å². The number of carbonyl (C=O) groups is 1. The zero-order chi connectivity index (χ0) is 24.3. The van der Waals surface area contributed by atoms with E-state index in [1.54, 1.807) is 29.2 Å². The predicted octanol–water partition coefficient (Wildman–Crippen LogP) is 2.85. The highest BCUT2D eigenvalue weighted by molar-refractivity contribution is 7.90. The molecule has 1 aliphatic carbocycles. The number of carbonyl (C=O) groups excluding carboxylic acids is 1. The lowest BCUT2D eigenvalue weighted by Crippen LogP contribution is -2.43. The molecule has 1 aromatic heterocycles. The molecule has 5 rings (SSSR count). The summed E-state index contributed by atoms with van der Waals surface area (Å²) in [5.41, 5.74) is -4.15. The Labute approximate surface area is 193 Å². The van der Waals surface area contributed by atoms with Gasteiger partial charge in [-0.2, -0.15) is 17.5 Å². The molecule has 0 spiro atoms. The van der Waals surface area contributed by atoms with Crippen molar-refractivity contribution >= 4 is 15.9 Å². The third-order valence-corrected chi connectivity index (χ3v) is 8.71. The van der Waals surface area contributed by atoms with Gasteiger partial charge in [-0.25, -0.2) is 8.42 Å². The van der Waals surface area contributed by atoms with E-state index in [2.05, 4.69) is 5.16 Å². The average molecular weight is 497 g/mol. The van der Waals surface area contributed by atoms with Gasteiger partial charge in [-0.05, 0) is 29.9 Å². The zero-order valence-corrected chi connectivity index (χ0v) is 18.7. The van der Waals surface area contributed by atoms with Crippen LogP contribution in [0.4, 0.5) is 13.2 Å². The van der Waals surface area contributed by atoms with Crippen LogP contribution in [0.1, 0.15) is 40.6 Å². The number of benzene rings is 1. The number of aliphatic hydroxyl groups excluding tert-OH is 1. The molecule has 1 saturated heterocycles. The molecule has 8 nitrogen and oxygen atoms in total. The van der Waals surface area contributed by atoms with Gasteiger partial charge in [0, 0.05) is 31.1 Å². The highest BCUT2D eigenvalue weighted by atomic mass is 32.2. The molecule has 3 heterocycles. The fourth-order valence-electron chi connectivity index (χ4n) is 5.35. The van der Waals surface area contributed by atoms with Gasteiger partial charge in [-0.15, -0.1) is 0 Å². The minimum Gasteiger partial charge on any atom is -0.392 e. The first kappa shape index (κ1) is 23.1. The second-order valence-corrected chi connectivity index (χ2v) is 10.8. The number of rotatable bonds is 5. The molecule has 34 heavy (non-hydrogen) atoms. The summed E-state index contributed by atoms with van der Waals surface area (Å²) in [6.45, 7) is 0.125. The van der Waals surface area contributed by atoms with E-state index in [-0.39, 0.29) is 37.3 Å². The molecule has 1 aromatic carbocycles. The average Bonchev–Trinajstić information content (AvgIpc) is 3.16. The summed E-state index contributed by atoms with van der Waals surface area (Å²) in [7, 11) is -5.55. The molecule has 3 aliphatic rings. The molecule has 2 aromatic rings. The molecule has 0 bridgehead atoms. The maximum atomic E-state index is 13.5. The van der Waals surface area contributed by atoms with E-state index in [0.29, 0.717) is 34.8 Å². The number of aromatic nitrogens is 1. The Hall–Kier alpha value is -2.70. The van der Waals surface area contributed by atoms with Crippen molar-refractivity contribution in [1.29, 1.82) is 0 Å². The van der Waals surface area contributed by atoms with Crippen LogP contribution >= 0.6 is 0 Å². The SMILES string of the molecule is O=C(c1ccno1)N1CC=C([C@@]23C[C@@H]2[C@@H](c2ccc(CO)cc2)N(S(=O)(=O)C(F)(F)F)C3)CC1. The zero-order valence-electron chi connectivity index (χ0n) is 17.9. The summed E-state index contributed by atoms with van der Waals surface area (Å²) in [5, 5.41) is 12.8. The molecule has 1 N–H and O–H groups in total. The van der Waals surface area contributed by atoms with Crippen LogP contribution in [0.15, 0.2) is 52.7 Å². The Morgan fingerprint density at radius 2 is 1.97 bits per heavy atom. The first-order valence-electron chi connectivity index (χ1n) is 10.8. The van der Waals surface area contributed by atoms with Gasteiger partial charge in [-0.1, -0.05) is 41.1 Å². The van der Waals surface area contributed by atoms with Crippen LogP contribution < -0.4 is 0 Å². The first-order chi connectivity index (χ1) is 16.1. The third kappa shape index (κ3) is 3.55. The normalized spacial score (nSPS) is 27.4. The van der Waals surface area contributed by atoms with Crippen molar-refractivity contribution in [1.82, 2.24) is 14.4 Å². The maximum absolute atomic E-state index is 13.5. The molecule has 2 fully saturated rings. The van der Waals surface area contributed by atoms with Crippen molar-refractivity contribution in [2.75, 3.05) is 19.6 Å². The number of alkyl halides is 3. The number of nitrogens with zero attached hydrogens (tertiary/aromatic N) is 3. The Kier molecular flexibility index (Phi) is 5.37. The van der Waals surface area contributed by atoms with E-state index >= 15 is 0 Å². The first-order valence-corrected chi connectivity index (χ1v) is 12.2. The van der Waals surface area contributed by atoms with Gasteiger partial charge >= 0.3 is 15.5 Å². The minimum absolute atomic E-state index is 0.106. The lowest BCUT2D eigenvalue weighted by atomic mass is 9.88. The second-order valence-electron chi connectivity index (χ2n) is 8.91.